The van der Waals surface area contributed by atoms with E-state index in [2.05, 4.69) is 0 Å². The quantitative estimate of drug-likeness (QED) is 0.258. The molecule has 120 valence electrons. The summed E-state index contributed by atoms with van der Waals surface area (Å²) in [6.07, 6.45) is -2.32. The smallest absolute Gasteiger partial charge is 0.417 e. The normalized spacial score (nSPS) is 15.8. The molecule has 0 atom stereocenters. The molecule has 0 aliphatic heterocycles. The first kappa shape index (κ1) is 16.7. The van der Waals surface area contributed by atoms with Gasteiger partial charge < -0.3 is 4.74 Å². The number of ketones is 2. The third-order valence-corrected chi connectivity index (χ3v) is 4.24. The molecular formula is C15H15F3O3S. The van der Waals surface area contributed by atoms with E-state index in [1.54, 1.807) is 6.92 Å². The minimum absolute atomic E-state index is 0.226. The average molecular weight is 332 g/mol. The maximum Gasteiger partial charge on any atom is 0.417 e. The van der Waals surface area contributed by atoms with Crippen LogP contribution >= 0.6 is 11.3 Å². The van der Waals surface area contributed by atoms with Crippen molar-refractivity contribution < 1.29 is 27.5 Å². The van der Waals surface area contributed by atoms with Crippen molar-refractivity contribution in [3.8, 4) is 0 Å². The van der Waals surface area contributed by atoms with E-state index in [0.29, 0.717) is 12.8 Å². The highest BCUT2D eigenvalue weighted by molar-refractivity contribution is 7.10. The number of alkyl halides is 3. The summed E-state index contributed by atoms with van der Waals surface area (Å²) in [5.74, 6) is -1.61. The van der Waals surface area contributed by atoms with Crippen LogP contribution in [0, 0.1) is 12.8 Å². The second-order valence-electron chi connectivity index (χ2n) is 5.03. The van der Waals surface area contributed by atoms with E-state index < -0.39 is 28.9 Å². The Morgan fingerprint density at radius 1 is 1.41 bits per heavy atom. The second-order valence-corrected chi connectivity index (χ2v) is 6.12. The van der Waals surface area contributed by atoms with Crippen molar-refractivity contribution in [1.82, 2.24) is 0 Å². The SMILES string of the molecule is CCOC=C(C(=O)c1c(C(F)(F)F)csc1C)C(=O)C1CC1. The van der Waals surface area contributed by atoms with Crippen molar-refractivity contribution in [2.75, 3.05) is 6.61 Å². The van der Waals surface area contributed by atoms with Gasteiger partial charge in [-0.3, -0.25) is 9.59 Å². The maximum atomic E-state index is 13.0. The summed E-state index contributed by atoms with van der Waals surface area (Å²) < 4.78 is 44.1. The highest BCUT2D eigenvalue weighted by atomic mass is 32.1. The molecular weight excluding hydrogens is 317 g/mol. The van der Waals surface area contributed by atoms with Crippen molar-refractivity contribution in [3.63, 3.8) is 0 Å². The van der Waals surface area contributed by atoms with Gasteiger partial charge in [0.25, 0.3) is 0 Å². The van der Waals surface area contributed by atoms with Gasteiger partial charge in [0.1, 0.15) is 5.57 Å². The first-order chi connectivity index (χ1) is 10.3. The van der Waals surface area contributed by atoms with Gasteiger partial charge in [-0.15, -0.1) is 11.3 Å². The third kappa shape index (κ3) is 3.40. The summed E-state index contributed by atoms with van der Waals surface area (Å²) in [4.78, 5) is 24.9. The third-order valence-electron chi connectivity index (χ3n) is 3.33. The summed E-state index contributed by atoms with van der Waals surface area (Å²) in [6, 6.07) is 0. The van der Waals surface area contributed by atoms with Crippen molar-refractivity contribution in [1.29, 1.82) is 0 Å². The minimum atomic E-state index is -4.63. The molecule has 0 N–H and O–H groups in total. The van der Waals surface area contributed by atoms with Gasteiger partial charge in [0.05, 0.1) is 18.4 Å². The van der Waals surface area contributed by atoms with Crippen LogP contribution in [0.1, 0.15) is 40.6 Å². The summed E-state index contributed by atoms with van der Waals surface area (Å²) in [6.45, 7) is 3.33. The summed E-state index contributed by atoms with van der Waals surface area (Å²) >= 11 is 0.843. The summed E-state index contributed by atoms with van der Waals surface area (Å²) in [5, 5.41) is 0.905. The molecule has 1 aliphatic carbocycles. The number of carbonyl (C=O) groups is 2. The number of halogens is 3. The molecule has 3 nitrogen and oxygen atoms in total. The number of Topliss-reactive ketones (excluding diaryl/α,β-unsaturated/α-hetero) is 2. The number of thiophene rings is 1. The van der Waals surface area contributed by atoms with Gasteiger partial charge in [-0.2, -0.15) is 13.2 Å². The molecule has 0 bridgehead atoms. The van der Waals surface area contributed by atoms with Gasteiger partial charge in [-0.05, 0) is 26.7 Å². The number of rotatable bonds is 6. The van der Waals surface area contributed by atoms with E-state index in [1.807, 2.05) is 0 Å². The van der Waals surface area contributed by atoms with Crippen LogP contribution in [0.3, 0.4) is 0 Å². The lowest BCUT2D eigenvalue weighted by Gasteiger charge is -2.10. The van der Waals surface area contributed by atoms with Crippen LogP contribution in [0.5, 0.6) is 0 Å². The zero-order valence-electron chi connectivity index (χ0n) is 12.1. The molecule has 22 heavy (non-hydrogen) atoms. The zero-order valence-corrected chi connectivity index (χ0v) is 12.9. The van der Waals surface area contributed by atoms with E-state index in [-0.39, 0.29) is 23.0 Å². The van der Waals surface area contributed by atoms with Gasteiger partial charge in [-0.25, -0.2) is 0 Å². The van der Waals surface area contributed by atoms with Crippen LogP contribution in [0.15, 0.2) is 17.2 Å². The topological polar surface area (TPSA) is 43.4 Å². The Balaban J connectivity index is 2.43. The van der Waals surface area contributed by atoms with E-state index in [4.69, 9.17) is 4.74 Å². The lowest BCUT2D eigenvalue weighted by Crippen LogP contribution is -2.19. The first-order valence-corrected chi connectivity index (χ1v) is 7.71. The summed E-state index contributed by atoms with van der Waals surface area (Å²) in [7, 11) is 0. The Labute approximate surface area is 129 Å². The number of ether oxygens (including phenoxy) is 1. The fourth-order valence-corrected chi connectivity index (χ4v) is 2.90. The average Bonchev–Trinajstić information content (AvgIpc) is 3.20. The Morgan fingerprint density at radius 2 is 2.05 bits per heavy atom. The van der Waals surface area contributed by atoms with Crippen molar-refractivity contribution >= 4 is 22.9 Å². The number of aryl methyl sites for hydroxylation is 1. The van der Waals surface area contributed by atoms with E-state index in [0.717, 1.165) is 23.0 Å². The van der Waals surface area contributed by atoms with Gasteiger partial charge in [0.2, 0.25) is 5.78 Å². The number of allylic oxidation sites excluding steroid dienone is 1. The molecule has 0 amide bonds. The Morgan fingerprint density at radius 3 is 2.55 bits per heavy atom. The van der Waals surface area contributed by atoms with Crippen LogP contribution in [-0.4, -0.2) is 18.2 Å². The molecule has 1 heterocycles. The molecule has 7 heteroatoms. The Hall–Kier alpha value is -1.63. The van der Waals surface area contributed by atoms with Crippen LogP contribution in [-0.2, 0) is 15.7 Å². The predicted molar refractivity (Wildman–Crippen MR) is 75.8 cm³/mol. The molecule has 0 spiro atoms. The largest absolute Gasteiger partial charge is 0.501 e. The maximum absolute atomic E-state index is 13.0. The molecule has 1 fully saturated rings. The second kappa shape index (κ2) is 6.24. The molecule has 0 aromatic carbocycles. The molecule has 1 aromatic heterocycles. The van der Waals surface area contributed by atoms with Crippen LogP contribution in [0.2, 0.25) is 0 Å². The molecule has 0 saturated heterocycles. The van der Waals surface area contributed by atoms with Crippen molar-refractivity contribution in [2.24, 2.45) is 5.92 Å². The van der Waals surface area contributed by atoms with Crippen molar-refractivity contribution in [2.45, 2.75) is 32.9 Å². The Kier molecular flexibility index (Phi) is 4.75. The van der Waals surface area contributed by atoms with E-state index in [1.165, 1.54) is 6.92 Å². The fraction of sp³-hybridized carbons (Fsp3) is 0.467. The fourth-order valence-electron chi connectivity index (χ4n) is 2.04. The number of carbonyl (C=O) groups excluding carboxylic acids is 2. The van der Waals surface area contributed by atoms with E-state index >= 15 is 0 Å². The van der Waals surface area contributed by atoms with Crippen LogP contribution in [0.4, 0.5) is 13.2 Å². The van der Waals surface area contributed by atoms with Gasteiger partial charge in [0, 0.05) is 21.7 Å². The minimum Gasteiger partial charge on any atom is -0.501 e. The molecule has 1 saturated carbocycles. The van der Waals surface area contributed by atoms with Gasteiger partial charge in [-0.1, -0.05) is 0 Å². The van der Waals surface area contributed by atoms with E-state index in [9.17, 15) is 22.8 Å². The highest BCUT2D eigenvalue weighted by Crippen LogP contribution is 2.39. The van der Waals surface area contributed by atoms with Crippen LogP contribution < -0.4 is 0 Å². The molecule has 0 unspecified atom stereocenters. The summed E-state index contributed by atoms with van der Waals surface area (Å²) in [5.41, 5.74) is -1.74. The molecule has 0 radical (unpaired) electrons. The van der Waals surface area contributed by atoms with Gasteiger partial charge >= 0.3 is 6.18 Å². The highest BCUT2D eigenvalue weighted by Gasteiger charge is 2.41. The number of hydrogen-bond donors (Lipinski definition) is 0. The van der Waals surface area contributed by atoms with Crippen molar-refractivity contribution in [3.05, 3.63) is 33.2 Å². The molecule has 1 aromatic rings. The molecule has 1 aliphatic rings. The lowest BCUT2D eigenvalue weighted by molar-refractivity contribution is -0.137. The van der Waals surface area contributed by atoms with Crippen LogP contribution in [0.25, 0.3) is 0 Å². The zero-order chi connectivity index (χ0) is 16.5. The Bertz CT molecular complexity index is 624. The van der Waals surface area contributed by atoms with Gasteiger partial charge in [0.15, 0.2) is 5.78 Å². The number of hydrogen-bond acceptors (Lipinski definition) is 4. The first-order valence-electron chi connectivity index (χ1n) is 6.83. The predicted octanol–water partition coefficient (Wildman–Crippen LogP) is 4.16. The lowest BCUT2D eigenvalue weighted by atomic mass is 9.96. The monoisotopic (exact) mass is 332 g/mol. The molecule has 2 rings (SSSR count). The standard InChI is InChI=1S/C15H15F3O3S/c1-3-21-6-10(13(19)9-4-5-9)14(20)12-8(2)22-7-11(12)15(16,17)18/h6-7,9H,3-5H2,1-2H3.